The molecule has 0 radical (unpaired) electrons. The molecule has 3 aromatic rings. The molecule has 152 valence electrons. The highest BCUT2D eigenvalue weighted by atomic mass is 19.4. The summed E-state index contributed by atoms with van der Waals surface area (Å²) in [5.41, 5.74) is 5.42. The van der Waals surface area contributed by atoms with Crippen LogP contribution in [0.1, 0.15) is 27.8 Å². The molecule has 4 N–H and O–H groups in total. The molecule has 0 saturated carbocycles. The van der Waals surface area contributed by atoms with E-state index < -0.39 is 29.8 Å². The van der Waals surface area contributed by atoms with Crippen LogP contribution < -0.4 is 16.4 Å². The maximum atomic E-state index is 13.6. The van der Waals surface area contributed by atoms with Crippen LogP contribution in [-0.4, -0.2) is 29.5 Å². The highest BCUT2D eigenvalue weighted by Gasteiger charge is 2.36. The summed E-state index contributed by atoms with van der Waals surface area (Å²) in [4.78, 5) is 18.8. The molecule has 0 bridgehead atoms. The molecule has 1 aromatic heterocycles. The van der Waals surface area contributed by atoms with E-state index >= 15 is 0 Å². The highest BCUT2D eigenvalue weighted by Crippen LogP contribution is 2.33. The molecule has 1 atom stereocenters. The Labute approximate surface area is 163 Å². The van der Waals surface area contributed by atoms with Crippen LogP contribution in [0.25, 0.3) is 10.9 Å². The second-order valence-corrected chi connectivity index (χ2v) is 6.27. The largest absolute Gasteiger partial charge is 0.451 e. The van der Waals surface area contributed by atoms with Crippen LogP contribution in [0.15, 0.2) is 42.5 Å². The molecule has 6 nitrogen and oxygen atoms in total. The quantitative estimate of drug-likeness (QED) is 0.546. The average Bonchev–Trinajstić information content (AvgIpc) is 2.66. The van der Waals surface area contributed by atoms with Gasteiger partial charge in [0.15, 0.2) is 0 Å². The topological polar surface area (TPSA) is 92.9 Å². The number of nitrogens with two attached hydrogens (primary N) is 1. The van der Waals surface area contributed by atoms with Crippen molar-refractivity contribution in [2.75, 3.05) is 18.9 Å². The monoisotopic (exact) mass is 407 g/mol. The number of amides is 1. The van der Waals surface area contributed by atoms with Crippen LogP contribution in [-0.2, 0) is 6.18 Å². The Hall–Kier alpha value is -3.27. The number of carbonyl (C=O) groups excluding carboxylic acids is 1. The average molecular weight is 407 g/mol. The van der Waals surface area contributed by atoms with Gasteiger partial charge in [-0.1, -0.05) is 18.2 Å². The Bertz CT molecular complexity index is 1050. The van der Waals surface area contributed by atoms with Crippen LogP contribution in [0.4, 0.5) is 23.4 Å². The van der Waals surface area contributed by atoms with Crippen molar-refractivity contribution in [3.8, 4) is 0 Å². The van der Waals surface area contributed by atoms with Crippen LogP contribution in [0.2, 0.25) is 0 Å². The van der Waals surface area contributed by atoms with Gasteiger partial charge < -0.3 is 16.4 Å². The summed E-state index contributed by atoms with van der Waals surface area (Å²) in [6.45, 7) is 0.270. The van der Waals surface area contributed by atoms with Gasteiger partial charge in [-0.3, -0.25) is 4.79 Å². The zero-order valence-electron chi connectivity index (χ0n) is 15.2. The lowest BCUT2D eigenvalue weighted by Crippen LogP contribution is -2.25. The van der Waals surface area contributed by atoms with Gasteiger partial charge in [0, 0.05) is 11.9 Å². The predicted octanol–water partition coefficient (Wildman–Crippen LogP) is 3.26. The first kappa shape index (κ1) is 20.5. The van der Waals surface area contributed by atoms with Crippen molar-refractivity contribution in [1.29, 1.82) is 0 Å². The Morgan fingerprint density at radius 3 is 2.52 bits per heavy atom. The van der Waals surface area contributed by atoms with E-state index in [-0.39, 0.29) is 28.8 Å². The van der Waals surface area contributed by atoms with E-state index in [0.29, 0.717) is 5.56 Å². The molecule has 1 heterocycles. The standard InChI is InChI=1S/C19H17F4N5O/c1-25-9-14(10-4-2-5-11(20)8-10)26-17-13-7-3-6-12(16(24)29)15(13)27-18(28-17)19(21,22)23/h2-8,14,25H,9H2,1H3,(H2,24,29)(H,26,27,28)/t14-/m1/s1. The zero-order valence-corrected chi connectivity index (χ0v) is 15.2. The number of hydrogen-bond acceptors (Lipinski definition) is 5. The lowest BCUT2D eigenvalue weighted by molar-refractivity contribution is -0.144. The number of alkyl halides is 3. The molecule has 10 heteroatoms. The summed E-state index contributed by atoms with van der Waals surface area (Å²) in [7, 11) is 1.65. The van der Waals surface area contributed by atoms with Crippen LogP contribution in [0.5, 0.6) is 0 Å². The maximum Gasteiger partial charge on any atom is 0.451 e. The molecule has 0 unspecified atom stereocenters. The molecule has 0 aliphatic rings. The van der Waals surface area contributed by atoms with Gasteiger partial charge >= 0.3 is 6.18 Å². The van der Waals surface area contributed by atoms with Crippen molar-refractivity contribution >= 4 is 22.6 Å². The number of para-hydroxylation sites is 1. The van der Waals surface area contributed by atoms with Crippen molar-refractivity contribution in [3.63, 3.8) is 0 Å². The number of benzene rings is 2. The molecule has 29 heavy (non-hydrogen) atoms. The number of halogens is 4. The first-order valence-electron chi connectivity index (χ1n) is 8.55. The second-order valence-electron chi connectivity index (χ2n) is 6.27. The molecular weight excluding hydrogens is 390 g/mol. The molecular formula is C19H17F4N5O. The number of carbonyl (C=O) groups is 1. The van der Waals surface area contributed by atoms with E-state index in [2.05, 4.69) is 20.6 Å². The van der Waals surface area contributed by atoms with Gasteiger partial charge in [0.2, 0.25) is 5.82 Å². The number of nitrogens with one attached hydrogen (secondary N) is 2. The minimum Gasteiger partial charge on any atom is -0.366 e. The summed E-state index contributed by atoms with van der Waals surface area (Å²) in [5.74, 6) is -2.95. The summed E-state index contributed by atoms with van der Waals surface area (Å²) < 4.78 is 53.7. The van der Waals surface area contributed by atoms with Crippen LogP contribution in [0.3, 0.4) is 0 Å². The summed E-state index contributed by atoms with van der Waals surface area (Å²) >= 11 is 0. The number of likely N-dealkylation sites (N-methyl/N-ethyl adjacent to an activating group) is 1. The van der Waals surface area contributed by atoms with Crippen molar-refractivity contribution in [2.24, 2.45) is 5.73 Å². The van der Waals surface area contributed by atoms with Gasteiger partial charge in [-0.05, 0) is 36.9 Å². The summed E-state index contributed by atoms with van der Waals surface area (Å²) in [6, 6.07) is 9.32. The van der Waals surface area contributed by atoms with E-state index in [4.69, 9.17) is 5.73 Å². The second kappa shape index (κ2) is 8.00. The highest BCUT2D eigenvalue weighted by molar-refractivity contribution is 6.07. The molecule has 0 aliphatic heterocycles. The van der Waals surface area contributed by atoms with E-state index in [0.717, 1.165) is 0 Å². The Morgan fingerprint density at radius 2 is 1.90 bits per heavy atom. The summed E-state index contributed by atoms with van der Waals surface area (Å²) in [6.07, 6.45) is -4.84. The minimum atomic E-state index is -4.84. The molecule has 0 aliphatic carbocycles. The molecule has 0 saturated heterocycles. The van der Waals surface area contributed by atoms with Gasteiger partial charge in [0.1, 0.15) is 11.6 Å². The van der Waals surface area contributed by atoms with E-state index in [1.54, 1.807) is 13.1 Å². The van der Waals surface area contributed by atoms with Gasteiger partial charge in [-0.2, -0.15) is 13.2 Å². The SMILES string of the molecule is CNC[C@@H](Nc1nc(C(F)(F)F)nc2c(C(N)=O)cccc12)c1cccc(F)c1. The number of rotatable bonds is 6. The van der Waals surface area contributed by atoms with Gasteiger partial charge in [0.25, 0.3) is 5.91 Å². The summed E-state index contributed by atoms with van der Waals surface area (Å²) in [5, 5.41) is 6.00. The Morgan fingerprint density at radius 1 is 1.17 bits per heavy atom. The Balaban J connectivity index is 2.18. The first-order valence-corrected chi connectivity index (χ1v) is 8.55. The van der Waals surface area contributed by atoms with Gasteiger partial charge in [-0.25, -0.2) is 14.4 Å². The molecule has 1 amide bonds. The molecule has 2 aromatic carbocycles. The minimum absolute atomic E-state index is 0.144. The zero-order chi connectivity index (χ0) is 21.2. The Kier molecular flexibility index (Phi) is 5.64. The maximum absolute atomic E-state index is 13.6. The third-order valence-electron chi connectivity index (χ3n) is 4.22. The van der Waals surface area contributed by atoms with Crippen molar-refractivity contribution in [1.82, 2.24) is 15.3 Å². The third-order valence-corrected chi connectivity index (χ3v) is 4.22. The number of fused-ring (bicyclic) bond motifs is 1. The fourth-order valence-electron chi connectivity index (χ4n) is 2.93. The van der Waals surface area contributed by atoms with Crippen LogP contribution >= 0.6 is 0 Å². The number of primary amides is 1. The first-order chi connectivity index (χ1) is 13.7. The lowest BCUT2D eigenvalue weighted by Gasteiger charge is -2.21. The van der Waals surface area contributed by atoms with Gasteiger partial charge in [0.05, 0.1) is 17.1 Å². The van der Waals surface area contributed by atoms with E-state index in [1.807, 2.05) is 0 Å². The van der Waals surface area contributed by atoms with E-state index in [9.17, 15) is 22.4 Å². The van der Waals surface area contributed by atoms with Crippen molar-refractivity contribution < 1.29 is 22.4 Å². The van der Waals surface area contributed by atoms with Crippen molar-refractivity contribution in [2.45, 2.75) is 12.2 Å². The van der Waals surface area contributed by atoms with Crippen molar-refractivity contribution in [3.05, 3.63) is 65.2 Å². The fraction of sp³-hybridized carbons (Fsp3) is 0.211. The number of aromatic nitrogens is 2. The lowest BCUT2D eigenvalue weighted by atomic mass is 10.1. The smallest absolute Gasteiger partial charge is 0.366 e. The fourth-order valence-corrected chi connectivity index (χ4v) is 2.93. The molecule has 3 rings (SSSR count). The van der Waals surface area contributed by atoms with Gasteiger partial charge in [-0.15, -0.1) is 0 Å². The number of nitrogens with zero attached hydrogens (tertiary/aromatic N) is 2. The third kappa shape index (κ3) is 4.43. The molecule has 0 fully saturated rings. The normalized spacial score (nSPS) is 12.7. The van der Waals surface area contributed by atoms with Crippen LogP contribution in [0, 0.1) is 5.82 Å². The number of anilines is 1. The predicted molar refractivity (Wildman–Crippen MR) is 99.7 cm³/mol. The number of hydrogen-bond donors (Lipinski definition) is 3. The molecule has 0 spiro atoms. The van der Waals surface area contributed by atoms with E-state index in [1.165, 1.54) is 36.4 Å².